The molecule has 104 valence electrons. The van der Waals surface area contributed by atoms with Gasteiger partial charge in [0.05, 0.1) is 19.3 Å². The molecule has 0 bridgehead atoms. The summed E-state index contributed by atoms with van der Waals surface area (Å²) in [6.07, 6.45) is 0.394. The van der Waals surface area contributed by atoms with Crippen LogP contribution in [0.25, 0.3) is 0 Å². The molecule has 1 aromatic carbocycles. The third-order valence-corrected chi connectivity index (χ3v) is 3.18. The molecule has 4 nitrogen and oxygen atoms in total. The van der Waals surface area contributed by atoms with Crippen molar-refractivity contribution >= 4 is 5.91 Å². The molecule has 1 heterocycles. The lowest BCUT2D eigenvalue weighted by molar-refractivity contribution is -0.122. The number of morpholine rings is 1. The van der Waals surface area contributed by atoms with Gasteiger partial charge in [-0.1, -0.05) is 12.1 Å². The molecule has 0 radical (unpaired) electrons. The third kappa shape index (κ3) is 4.29. The van der Waals surface area contributed by atoms with E-state index in [2.05, 4.69) is 10.6 Å². The van der Waals surface area contributed by atoms with Gasteiger partial charge < -0.3 is 15.4 Å². The molecule has 2 N–H and O–H groups in total. The van der Waals surface area contributed by atoms with Crippen LogP contribution in [0.3, 0.4) is 0 Å². The standard InChI is InChI=1S/C14H19FN2O2/c1-10(11-2-4-12(15)5-3-11)17-14(18)8-13-9-19-7-6-16-13/h2-5,10,13,16H,6-9H2,1H3,(H,17,18)/t10-,13?/m1/s1. The summed E-state index contributed by atoms with van der Waals surface area (Å²) in [6.45, 7) is 3.93. The van der Waals surface area contributed by atoms with Crippen molar-refractivity contribution in [1.82, 2.24) is 10.6 Å². The van der Waals surface area contributed by atoms with Crippen molar-refractivity contribution in [1.29, 1.82) is 0 Å². The number of nitrogens with one attached hydrogen (secondary N) is 2. The van der Waals surface area contributed by atoms with Crippen LogP contribution < -0.4 is 10.6 Å². The van der Waals surface area contributed by atoms with Crippen LogP contribution in [0.15, 0.2) is 24.3 Å². The van der Waals surface area contributed by atoms with Crippen molar-refractivity contribution in [3.05, 3.63) is 35.6 Å². The monoisotopic (exact) mass is 266 g/mol. The minimum atomic E-state index is -0.272. The van der Waals surface area contributed by atoms with Gasteiger partial charge in [0, 0.05) is 19.0 Å². The summed E-state index contributed by atoms with van der Waals surface area (Å²) in [5.41, 5.74) is 0.891. The van der Waals surface area contributed by atoms with Crippen LogP contribution in [-0.4, -0.2) is 31.7 Å². The Morgan fingerprint density at radius 2 is 2.26 bits per heavy atom. The van der Waals surface area contributed by atoms with E-state index in [9.17, 15) is 9.18 Å². The van der Waals surface area contributed by atoms with Gasteiger partial charge in [0.25, 0.3) is 0 Å². The van der Waals surface area contributed by atoms with Gasteiger partial charge in [-0.15, -0.1) is 0 Å². The van der Waals surface area contributed by atoms with Crippen LogP contribution in [0.4, 0.5) is 4.39 Å². The molecular formula is C14H19FN2O2. The first kappa shape index (κ1) is 14.0. The fraction of sp³-hybridized carbons (Fsp3) is 0.500. The molecule has 0 spiro atoms. The van der Waals surface area contributed by atoms with Crippen molar-refractivity contribution in [3.63, 3.8) is 0 Å². The van der Waals surface area contributed by atoms with Gasteiger partial charge in [-0.3, -0.25) is 4.79 Å². The smallest absolute Gasteiger partial charge is 0.222 e. The second-order valence-corrected chi connectivity index (χ2v) is 4.77. The molecule has 1 aromatic rings. The van der Waals surface area contributed by atoms with Gasteiger partial charge in [0.2, 0.25) is 5.91 Å². The van der Waals surface area contributed by atoms with E-state index < -0.39 is 0 Å². The van der Waals surface area contributed by atoms with Gasteiger partial charge in [0.1, 0.15) is 5.82 Å². The van der Waals surface area contributed by atoms with Crippen LogP contribution in [0.2, 0.25) is 0 Å². The summed E-state index contributed by atoms with van der Waals surface area (Å²) in [4.78, 5) is 11.9. The Bertz CT molecular complexity index is 416. The van der Waals surface area contributed by atoms with Crippen molar-refractivity contribution in [2.24, 2.45) is 0 Å². The molecule has 2 rings (SSSR count). The van der Waals surface area contributed by atoms with Crippen molar-refractivity contribution < 1.29 is 13.9 Å². The first-order chi connectivity index (χ1) is 9.15. The highest BCUT2D eigenvalue weighted by molar-refractivity contribution is 5.77. The first-order valence-electron chi connectivity index (χ1n) is 6.51. The number of ether oxygens (including phenoxy) is 1. The maximum atomic E-state index is 12.8. The number of halogens is 1. The van der Waals surface area contributed by atoms with E-state index in [1.807, 2.05) is 6.92 Å². The van der Waals surface area contributed by atoms with E-state index >= 15 is 0 Å². The molecule has 0 aromatic heterocycles. The van der Waals surface area contributed by atoms with Gasteiger partial charge in [-0.2, -0.15) is 0 Å². The predicted molar refractivity (Wildman–Crippen MR) is 70.2 cm³/mol. The van der Waals surface area contributed by atoms with E-state index in [0.29, 0.717) is 19.6 Å². The highest BCUT2D eigenvalue weighted by Crippen LogP contribution is 2.13. The third-order valence-electron chi connectivity index (χ3n) is 3.18. The molecule has 0 aliphatic carbocycles. The van der Waals surface area contributed by atoms with E-state index in [4.69, 9.17) is 4.74 Å². The van der Waals surface area contributed by atoms with E-state index in [1.165, 1.54) is 12.1 Å². The van der Waals surface area contributed by atoms with Gasteiger partial charge in [0.15, 0.2) is 0 Å². The summed E-state index contributed by atoms with van der Waals surface area (Å²) in [6, 6.07) is 6.11. The average Bonchev–Trinajstić information content (AvgIpc) is 2.40. The summed E-state index contributed by atoms with van der Waals surface area (Å²) >= 11 is 0. The second-order valence-electron chi connectivity index (χ2n) is 4.77. The van der Waals surface area contributed by atoms with E-state index in [0.717, 1.165) is 12.1 Å². The molecule has 1 aliphatic heterocycles. The van der Waals surface area contributed by atoms with Gasteiger partial charge in [-0.05, 0) is 24.6 Å². The Balaban J connectivity index is 1.82. The highest BCUT2D eigenvalue weighted by atomic mass is 19.1. The Morgan fingerprint density at radius 1 is 1.53 bits per heavy atom. The predicted octanol–water partition coefficient (Wildman–Crippen LogP) is 1.38. The zero-order valence-corrected chi connectivity index (χ0v) is 11.0. The number of hydrogen-bond acceptors (Lipinski definition) is 3. The number of hydrogen-bond donors (Lipinski definition) is 2. The molecule has 1 fully saturated rings. The Kier molecular flexibility index (Phi) is 4.87. The van der Waals surface area contributed by atoms with Crippen LogP contribution in [0.1, 0.15) is 24.9 Å². The Labute approximate surface area is 112 Å². The van der Waals surface area contributed by atoms with Crippen LogP contribution in [0.5, 0.6) is 0 Å². The second kappa shape index (κ2) is 6.63. The minimum absolute atomic E-state index is 0.0279. The Hall–Kier alpha value is -1.46. The SMILES string of the molecule is C[C@@H](NC(=O)CC1COCCN1)c1ccc(F)cc1. The summed E-state index contributed by atoms with van der Waals surface area (Å²) in [5, 5.41) is 6.14. The molecule has 0 saturated carbocycles. The molecule has 19 heavy (non-hydrogen) atoms. The topological polar surface area (TPSA) is 50.4 Å². The summed E-state index contributed by atoms with van der Waals surface area (Å²) in [7, 11) is 0. The summed E-state index contributed by atoms with van der Waals surface area (Å²) < 4.78 is 18.1. The normalized spacial score (nSPS) is 20.8. The Morgan fingerprint density at radius 3 is 2.89 bits per heavy atom. The lowest BCUT2D eigenvalue weighted by Crippen LogP contribution is -2.44. The zero-order chi connectivity index (χ0) is 13.7. The largest absolute Gasteiger partial charge is 0.378 e. The van der Waals surface area contributed by atoms with Gasteiger partial charge >= 0.3 is 0 Å². The van der Waals surface area contributed by atoms with Crippen LogP contribution in [0, 0.1) is 5.82 Å². The fourth-order valence-corrected chi connectivity index (χ4v) is 2.11. The average molecular weight is 266 g/mol. The number of amides is 1. The van der Waals surface area contributed by atoms with Gasteiger partial charge in [-0.25, -0.2) is 4.39 Å². The molecule has 1 saturated heterocycles. The number of carbonyl (C=O) groups excluding carboxylic acids is 1. The highest BCUT2D eigenvalue weighted by Gasteiger charge is 2.18. The van der Waals surface area contributed by atoms with Crippen LogP contribution in [-0.2, 0) is 9.53 Å². The lowest BCUT2D eigenvalue weighted by Gasteiger charge is -2.24. The summed E-state index contributed by atoms with van der Waals surface area (Å²) in [5.74, 6) is -0.300. The minimum Gasteiger partial charge on any atom is -0.378 e. The van der Waals surface area contributed by atoms with E-state index in [-0.39, 0.29) is 23.8 Å². The van der Waals surface area contributed by atoms with Crippen molar-refractivity contribution in [2.45, 2.75) is 25.4 Å². The number of carbonyl (C=O) groups is 1. The van der Waals surface area contributed by atoms with Crippen LogP contribution >= 0.6 is 0 Å². The first-order valence-corrected chi connectivity index (χ1v) is 6.51. The molecule has 1 aliphatic rings. The fourth-order valence-electron chi connectivity index (χ4n) is 2.11. The number of rotatable bonds is 4. The maximum Gasteiger partial charge on any atom is 0.222 e. The molecule has 1 unspecified atom stereocenters. The lowest BCUT2D eigenvalue weighted by atomic mass is 10.1. The molecule has 5 heteroatoms. The van der Waals surface area contributed by atoms with Crippen molar-refractivity contribution in [2.75, 3.05) is 19.8 Å². The van der Waals surface area contributed by atoms with E-state index in [1.54, 1.807) is 12.1 Å². The quantitative estimate of drug-likeness (QED) is 0.865. The van der Waals surface area contributed by atoms with Crippen molar-refractivity contribution in [3.8, 4) is 0 Å². The maximum absolute atomic E-state index is 12.8. The molecular weight excluding hydrogens is 247 g/mol. The molecule has 2 atom stereocenters. The molecule has 1 amide bonds. The zero-order valence-electron chi connectivity index (χ0n) is 11.0. The number of benzene rings is 1.